The minimum atomic E-state index is -0.947. The number of nitrogens with zero attached hydrogens (tertiary/aromatic N) is 6. The molecule has 0 bridgehead atoms. The lowest BCUT2D eigenvalue weighted by Crippen LogP contribution is -2.54. The lowest BCUT2D eigenvalue weighted by Gasteiger charge is -2.35. The number of piperidine rings is 1. The van der Waals surface area contributed by atoms with Crippen LogP contribution in [0.15, 0.2) is 42.9 Å². The summed E-state index contributed by atoms with van der Waals surface area (Å²) in [4.78, 5) is 55.8. The van der Waals surface area contributed by atoms with Gasteiger partial charge in [0.2, 0.25) is 11.8 Å². The van der Waals surface area contributed by atoms with Crippen molar-refractivity contribution in [2.24, 2.45) is 13.0 Å². The topological polar surface area (TPSA) is 132 Å². The molecular weight excluding hydrogens is 546 g/mol. The zero-order valence-corrected chi connectivity index (χ0v) is 23.8. The van der Waals surface area contributed by atoms with Gasteiger partial charge in [0.25, 0.3) is 11.8 Å². The Morgan fingerprint density at radius 1 is 0.953 bits per heavy atom. The number of imide groups is 2. The SMILES string of the molecule is Cn1ncc2cnc(-c3cn(C4CC(CCc5ccc6c(c5)C(=O)N(C5CCC(=O)NC5=O)C6=O)C4)nc3C3CC3)cc21. The van der Waals surface area contributed by atoms with Crippen molar-refractivity contribution in [1.29, 1.82) is 0 Å². The number of fused-ring (bicyclic) bond motifs is 2. The van der Waals surface area contributed by atoms with Crippen molar-refractivity contribution < 1.29 is 19.2 Å². The molecule has 3 fully saturated rings. The number of rotatable bonds is 7. The summed E-state index contributed by atoms with van der Waals surface area (Å²) in [6, 6.07) is 6.92. The summed E-state index contributed by atoms with van der Waals surface area (Å²) in [5, 5.41) is 12.7. The molecule has 2 aliphatic carbocycles. The van der Waals surface area contributed by atoms with Gasteiger partial charge in [0.15, 0.2) is 0 Å². The van der Waals surface area contributed by atoms with Gasteiger partial charge in [-0.15, -0.1) is 0 Å². The van der Waals surface area contributed by atoms with Gasteiger partial charge in [-0.2, -0.15) is 10.2 Å². The van der Waals surface area contributed by atoms with Gasteiger partial charge in [0.1, 0.15) is 6.04 Å². The molecule has 11 heteroatoms. The van der Waals surface area contributed by atoms with E-state index in [0.717, 1.165) is 64.0 Å². The van der Waals surface area contributed by atoms with Crippen molar-refractivity contribution in [2.75, 3.05) is 0 Å². The van der Waals surface area contributed by atoms with E-state index >= 15 is 0 Å². The first-order valence-electron chi connectivity index (χ1n) is 15.1. The second-order valence-corrected chi connectivity index (χ2v) is 12.4. The third kappa shape index (κ3) is 4.36. The van der Waals surface area contributed by atoms with E-state index in [-0.39, 0.29) is 18.7 Å². The summed E-state index contributed by atoms with van der Waals surface area (Å²) < 4.78 is 4.03. The summed E-state index contributed by atoms with van der Waals surface area (Å²) >= 11 is 0. The molecule has 11 nitrogen and oxygen atoms in total. The van der Waals surface area contributed by atoms with E-state index in [4.69, 9.17) is 10.1 Å². The molecule has 2 aliphatic heterocycles. The molecule has 0 radical (unpaired) electrons. The molecule has 1 saturated heterocycles. The largest absolute Gasteiger partial charge is 0.295 e. The van der Waals surface area contributed by atoms with Gasteiger partial charge in [-0.1, -0.05) is 6.07 Å². The fraction of sp³-hybridized carbons (Fsp3) is 0.406. The first kappa shape index (κ1) is 26.0. The highest BCUT2D eigenvalue weighted by atomic mass is 16.2. The van der Waals surface area contributed by atoms with Crippen LogP contribution >= 0.6 is 0 Å². The Morgan fingerprint density at radius 3 is 2.56 bits per heavy atom. The quantitative estimate of drug-likeness (QED) is 0.331. The van der Waals surface area contributed by atoms with Gasteiger partial charge < -0.3 is 0 Å². The van der Waals surface area contributed by atoms with E-state index in [1.165, 1.54) is 12.8 Å². The Kier molecular flexibility index (Phi) is 5.85. The molecular formula is C32H31N7O4. The maximum atomic E-state index is 13.2. The fourth-order valence-corrected chi connectivity index (χ4v) is 6.84. The minimum Gasteiger partial charge on any atom is -0.295 e. The van der Waals surface area contributed by atoms with Gasteiger partial charge in [-0.25, -0.2) is 0 Å². The smallest absolute Gasteiger partial charge is 0.262 e. The number of aromatic nitrogens is 5. The van der Waals surface area contributed by atoms with Gasteiger partial charge >= 0.3 is 0 Å². The third-order valence-electron chi connectivity index (χ3n) is 9.56. The second-order valence-electron chi connectivity index (χ2n) is 12.4. The molecule has 43 heavy (non-hydrogen) atoms. The molecule has 3 aromatic heterocycles. The van der Waals surface area contributed by atoms with E-state index < -0.39 is 23.8 Å². The summed E-state index contributed by atoms with van der Waals surface area (Å²) in [5.41, 5.74) is 5.94. The van der Waals surface area contributed by atoms with E-state index in [1.807, 2.05) is 30.2 Å². The van der Waals surface area contributed by atoms with Crippen LogP contribution in [0.3, 0.4) is 0 Å². The van der Waals surface area contributed by atoms with Crippen molar-refractivity contribution in [3.63, 3.8) is 0 Å². The molecule has 4 aliphatic rings. The average molecular weight is 578 g/mol. The molecule has 1 unspecified atom stereocenters. The number of pyridine rings is 1. The van der Waals surface area contributed by atoms with Crippen LogP contribution < -0.4 is 5.32 Å². The predicted octanol–water partition coefficient (Wildman–Crippen LogP) is 3.69. The zero-order valence-electron chi connectivity index (χ0n) is 23.8. The first-order valence-corrected chi connectivity index (χ1v) is 15.1. The molecule has 5 heterocycles. The van der Waals surface area contributed by atoms with E-state index in [1.54, 1.807) is 12.1 Å². The Hall–Kier alpha value is -4.67. The number of hydrogen-bond donors (Lipinski definition) is 1. The summed E-state index contributed by atoms with van der Waals surface area (Å²) in [6.45, 7) is 0. The number of amides is 4. The van der Waals surface area contributed by atoms with Crippen molar-refractivity contribution in [3.8, 4) is 11.3 Å². The number of nitrogens with one attached hydrogen (secondary N) is 1. The van der Waals surface area contributed by atoms with Gasteiger partial charge in [0.05, 0.1) is 40.3 Å². The normalized spacial score (nSPS) is 23.6. The highest BCUT2D eigenvalue weighted by molar-refractivity contribution is 6.23. The van der Waals surface area contributed by atoms with Crippen molar-refractivity contribution in [2.45, 2.75) is 69.4 Å². The number of benzene rings is 1. The number of aryl methyl sites for hydroxylation is 2. The first-order chi connectivity index (χ1) is 20.8. The highest BCUT2D eigenvalue weighted by Crippen LogP contribution is 2.46. The molecule has 1 aromatic carbocycles. The molecule has 8 rings (SSSR count). The standard InChI is InChI=1S/C32H31N7O4/c1-37-27-13-25(33-14-20(27)15-34-37)24-16-38(36-29(24)19-5-6-19)21-10-18(11-21)3-2-17-4-7-22-23(12-17)32(43)39(31(22)42)26-8-9-28(40)35-30(26)41/h4,7,12-16,18-19,21,26H,2-3,5-6,8-11H2,1H3,(H,35,40,41). The maximum Gasteiger partial charge on any atom is 0.262 e. The summed E-state index contributed by atoms with van der Waals surface area (Å²) in [7, 11) is 1.95. The van der Waals surface area contributed by atoms with Crippen LogP contribution in [0.25, 0.3) is 22.2 Å². The lowest BCUT2D eigenvalue weighted by molar-refractivity contribution is -0.136. The molecule has 2 saturated carbocycles. The molecule has 0 spiro atoms. The summed E-state index contributed by atoms with van der Waals surface area (Å²) in [5.74, 6) is -0.840. The van der Waals surface area contributed by atoms with Crippen molar-refractivity contribution in [1.82, 2.24) is 34.8 Å². The number of carbonyl (C=O) groups is 4. The van der Waals surface area contributed by atoms with E-state index in [9.17, 15) is 19.2 Å². The molecule has 1 N–H and O–H groups in total. The fourth-order valence-electron chi connectivity index (χ4n) is 6.84. The monoisotopic (exact) mass is 577 g/mol. The highest BCUT2D eigenvalue weighted by Gasteiger charge is 2.44. The van der Waals surface area contributed by atoms with Gasteiger partial charge in [0, 0.05) is 42.7 Å². The van der Waals surface area contributed by atoms with Gasteiger partial charge in [-0.05, 0) is 74.6 Å². The Bertz CT molecular complexity index is 1850. The van der Waals surface area contributed by atoms with Crippen LogP contribution in [0.2, 0.25) is 0 Å². The van der Waals surface area contributed by atoms with E-state index in [0.29, 0.717) is 29.0 Å². The molecule has 4 aromatic rings. The Balaban J connectivity index is 0.925. The predicted molar refractivity (Wildman–Crippen MR) is 155 cm³/mol. The molecule has 1 atom stereocenters. The van der Waals surface area contributed by atoms with Crippen LogP contribution in [-0.2, 0) is 23.1 Å². The Morgan fingerprint density at radius 2 is 1.77 bits per heavy atom. The van der Waals surface area contributed by atoms with Crippen LogP contribution in [-0.4, -0.2) is 59.1 Å². The second kappa shape index (κ2) is 9.68. The summed E-state index contributed by atoms with van der Waals surface area (Å²) in [6.07, 6.45) is 12.4. The number of hydrogen-bond acceptors (Lipinski definition) is 7. The van der Waals surface area contributed by atoms with Crippen LogP contribution in [0.4, 0.5) is 0 Å². The van der Waals surface area contributed by atoms with Crippen LogP contribution in [0, 0.1) is 5.92 Å². The maximum absolute atomic E-state index is 13.2. The Labute approximate surface area is 247 Å². The molecule has 4 amide bonds. The van der Waals surface area contributed by atoms with E-state index in [2.05, 4.69) is 27.4 Å². The molecule has 218 valence electrons. The van der Waals surface area contributed by atoms with Crippen molar-refractivity contribution in [3.05, 3.63) is 65.2 Å². The zero-order chi connectivity index (χ0) is 29.4. The van der Waals surface area contributed by atoms with Crippen LogP contribution in [0.1, 0.15) is 88.9 Å². The van der Waals surface area contributed by atoms with Gasteiger partial charge in [-0.3, -0.25) is 43.7 Å². The average Bonchev–Trinajstić information content (AvgIpc) is 3.56. The van der Waals surface area contributed by atoms with Crippen molar-refractivity contribution >= 4 is 34.5 Å². The van der Waals surface area contributed by atoms with Crippen LogP contribution in [0.5, 0.6) is 0 Å². The lowest BCUT2D eigenvalue weighted by atomic mass is 9.77. The third-order valence-corrected chi connectivity index (χ3v) is 9.56. The number of carbonyl (C=O) groups excluding carboxylic acids is 4. The minimum absolute atomic E-state index is 0.108.